The second-order valence-corrected chi connectivity index (χ2v) is 4.63. The monoisotopic (exact) mass is 223 g/mol. The molecule has 0 aromatic carbocycles. The number of anilines is 1. The molecular weight excluding hydrogens is 206 g/mol. The fourth-order valence-corrected chi connectivity index (χ4v) is 1.37. The van der Waals surface area contributed by atoms with E-state index in [1.807, 2.05) is 20.8 Å². The summed E-state index contributed by atoms with van der Waals surface area (Å²) in [6.07, 6.45) is 0.635. The third kappa shape index (κ3) is 3.12. The van der Waals surface area contributed by atoms with Crippen LogP contribution in [0, 0.1) is 0 Å². The van der Waals surface area contributed by atoms with Gasteiger partial charge in [-0.1, -0.05) is 0 Å². The van der Waals surface area contributed by atoms with Crippen molar-refractivity contribution in [2.45, 2.75) is 32.9 Å². The molecule has 88 valence electrons. The number of nitrogens with zero attached hydrogens (tertiary/aromatic N) is 2. The molecule has 0 aliphatic heterocycles. The summed E-state index contributed by atoms with van der Waals surface area (Å²) in [6, 6.07) is 3.44. The molecule has 0 aliphatic carbocycles. The van der Waals surface area contributed by atoms with Crippen LogP contribution in [0.2, 0.25) is 0 Å². The number of nitrogen functional groups attached to an aromatic ring is 1. The van der Waals surface area contributed by atoms with Gasteiger partial charge in [0, 0.05) is 18.3 Å². The Morgan fingerprint density at radius 1 is 1.56 bits per heavy atom. The van der Waals surface area contributed by atoms with Gasteiger partial charge in [0.25, 0.3) is 0 Å². The van der Waals surface area contributed by atoms with Gasteiger partial charge in [0.05, 0.1) is 0 Å². The maximum Gasteiger partial charge on any atom is 0.408 e. The molecule has 0 fully saturated rings. The average Bonchev–Trinajstić information content (AvgIpc) is 2.12. The maximum atomic E-state index is 11.1. The molecular formula is C11H17N3O2. The zero-order valence-corrected chi connectivity index (χ0v) is 9.77. The van der Waals surface area contributed by atoms with E-state index >= 15 is 0 Å². The minimum absolute atomic E-state index is 0.311. The molecule has 16 heavy (non-hydrogen) atoms. The number of rotatable bonds is 2. The highest BCUT2D eigenvalue weighted by Crippen LogP contribution is 2.17. The van der Waals surface area contributed by atoms with Crippen molar-refractivity contribution in [3.8, 4) is 0 Å². The summed E-state index contributed by atoms with van der Waals surface area (Å²) < 4.78 is 0. The first-order valence-electron chi connectivity index (χ1n) is 5.01. The van der Waals surface area contributed by atoms with Crippen molar-refractivity contribution in [1.29, 1.82) is 0 Å². The van der Waals surface area contributed by atoms with Crippen LogP contribution >= 0.6 is 0 Å². The quantitative estimate of drug-likeness (QED) is 0.803. The Hall–Kier alpha value is -1.78. The van der Waals surface area contributed by atoms with Gasteiger partial charge in [-0.3, -0.25) is 4.90 Å². The van der Waals surface area contributed by atoms with Crippen molar-refractivity contribution in [2.24, 2.45) is 0 Å². The predicted molar refractivity (Wildman–Crippen MR) is 62.0 cm³/mol. The molecule has 0 spiro atoms. The highest BCUT2D eigenvalue weighted by molar-refractivity contribution is 5.66. The van der Waals surface area contributed by atoms with Gasteiger partial charge in [-0.25, -0.2) is 9.78 Å². The molecule has 1 aromatic rings. The van der Waals surface area contributed by atoms with Gasteiger partial charge in [-0.2, -0.15) is 0 Å². The number of hydrogen-bond donors (Lipinski definition) is 2. The molecule has 0 saturated heterocycles. The molecule has 0 saturated carbocycles. The van der Waals surface area contributed by atoms with Crippen molar-refractivity contribution >= 4 is 11.9 Å². The summed E-state index contributed by atoms with van der Waals surface area (Å²) in [4.78, 5) is 16.3. The number of aromatic nitrogens is 1. The topological polar surface area (TPSA) is 79.5 Å². The predicted octanol–water partition coefficient (Wildman–Crippen LogP) is 1.94. The molecule has 3 N–H and O–H groups in total. The lowest BCUT2D eigenvalue weighted by Crippen LogP contribution is -2.44. The highest BCUT2D eigenvalue weighted by Gasteiger charge is 2.25. The molecule has 1 amide bonds. The van der Waals surface area contributed by atoms with Crippen LogP contribution < -0.4 is 5.73 Å². The summed E-state index contributed by atoms with van der Waals surface area (Å²) in [7, 11) is 0. The van der Waals surface area contributed by atoms with Gasteiger partial charge in [-0.05, 0) is 38.5 Å². The van der Waals surface area contributed by atoms with Gasteiger partial charge in [0.15, 0.2) is 0 Å². The van der Waals surface area contributed by atoms with Crippen LogP contribution in [-0.4, -0.2) is 26.6 Å². The number of pyridine rings is 1. The summed E-state index contributed by atoms with van der Waals surface area (Å²) in [5, 5.41) is 9.12. The summed E-state index contributed by atoms with van der Waals surface area (Å²) >= 11 is 0. The average molecular weight is 223 g/mol. The first kappa shape index (κ1) is 12.3. The third-order valence-corrected chi connectivity index (χ3v) is 2.23. The second kappa shape index (κ2) is 4.38. The van der Waals surface area contributed by atoms with Gasteiger partial charge in [0.1, 0.15) is 5.82 Å². The molecule has 0 aliphatic rings. The van der Waals surface area contributed by atoms with Crippen LogP contribution in [0.3, 0.4) is 0 Å². The fourth-order valence-electron chi connectivity index (χ4n) is 1.37. The van der Waals surface area contributed by atoms with E-state index in [1.165, 1.54) is 4.90 Å². The van der Waals surface area contributed by atoms with Crippen LogP contribution in [0.1, 0.15) is 26.3 Å². The van der Waals surface area contributed by atoms with Crippen LogP contribution in [-0.2, 0) is 6.54 Å². The number of amides is 1. The van der Waals surface area contributed by atoms with E-state index in [4.69, 9.17) is 10.8 Å². The lowest BCUT2D eigenvalue weighted by Gasteiger charge is -2.33. The lowest BCUT2D eigenvalue weighted by molar-refractivity contribution is 0.0955. The standard InChI is InChI=1S/C11H17N3O2/c1-11(2,3)14(10(15)16)7-8-4-5-13-9(12)6-8/h4-6H,7H2,1-3H3,(H2,12,13)(H,15,16). The van der Waals surface area contributed by atoms with Crippen molar-refractivity contribution in [1.82, 2.24) is 9.88 Å². The maximum absolute atomic E-state index is 11.1. The molecule has 5 nitrogen and oxygen atoms in total. The number of hydrogen-bond acceptors (Lipinski definition) is 3. The van der Waals surface area contributed by atoms with E-state index < -0.39 is 11.6 Å². The van der Waals surface area contributed by atoms with Crippen molar-refractivity contribution in [2.75, 3.05) is 5.73 Å². The minimum atomic E-state index is -0.942. The highest BCUT2D eigenvalue weighted by atomic mass is 16.4. The molecule has 1 heterocycles. The van der Waals surface area contributed by atoms with E-state index in [2.05, 4.69) is 4.98 Å². The third-order valence-electron chi connectivity index (χ3n) is 2.23. The SMILES string of the molecule is CC(C)(C)N(Cc1ccnc(N)c1)C(=O)O. The second-order valence-electron chi connectivity index (χ2n) is 4.63. The van der Waals surface area contributed by atoms with E-state index in [9.17, 15) is 4.79 Å². The Morgan fingerprint density at radius 3 is 2.62 bits per heavy atom. The number of carbonyl (C=O) groups is 1. The zero-order chi connectivity index (χ0) is 12.3. The summed E-state index contributed by atoms with van der Waals surface area (Å²) in [5.41, 5.74) is 5.94. The van der Waals surface area contributed by atoms with Crippen LogP contribution in [0.5, 0.6) is 0 Å². The lowest BCUT2D eigenvalue weighted by atomic mass is 10.1. The molecule has 0 bridgehead atoms. The Balaban J connectivity index is 2.89. The molecule has 0 radical (unpaired) electrons. The number of carboxylic acid groups (broad SMARTS) is 1. The first-order chi connectivity index (χ1) is 7.30. The van der Waals surface area contributed by atoms with E-state index in [-0.39, 0.29) is 0 Å². The van der Waals surface area contributed by atoms with Crippen LogP contribution in [0.25, 0.3) is 0 Å². The Labute approximate surface area is 94.9 Å². The molecule has 0 atom stereocenters. The zero-order valence-electron chi connectivity index (χ0n) is 9.77. The van der Waals surface area contributed by atoms with Crippen LogP contribution in [0.15, 0.2) is 18.3 Å². The van der Waals surface area contributed by atoms with E-state index in [0.717, 1.165) is 5.56 Å². The minimum Gasteiger partial charge on any atom is -0.465 e. The van der Waals surface area contributed by atoms with Crippen molar-refractivity contribution in [3.05, 3.63) is 23.9 Å². The van der Waals surface area contributed by atoms with Crippen molar-refractivity contribution < 1.29 is 9.90 Å². The van der Waals surface area contributed by atoms with Crippen molar-refractivity contribution in [3.63, 3.8) is 0 Å². The smallest absolute Gasteiger partial charge is 0.408 e. The van der Waals surface area contributed by atoms with Crippen LogP contribution in [0.4, 0.5) is 10.6 Å². The molecule has 1 rings (SSSR count). The number of nitrogens with two attached hydrogens (primary N) is 1. The first-order valence-corrected chi connectivity index (χ1v) is 5.01. The Bertz CT molecular complexity index is 385. The van der Waals surface area contributed by atoms with Gasteiger partial charge in [0.2, 0.25) is 0 Å². The van der Waals surface area contributed by atoms with Gasteiger partial charge < -0.3 is 10.8 Å². The molecule has 1 aromatic heterocycles. The Kier molecular flexibility index (Phi) is 3.37. The molecule has 5 heteroatoms. The van der Waals surface area contributed by atoms with E-state index in [0.29, 0.717) is 12.4 Å². The fraction of sp³-hybridized carbons (Fsp3) is 0.455. The van der Waals surface area contributed by atoms with E-state index in [1.54, 1.807) is 18.3 Å². The Morgan fingerprint density at radius 2 is 2.19 bits per heavy atom. The molecule has 0 unspecified atom stereocenters. The summed E-state index contributed by atoms with van der Waals surface area (Å²) in [5.74, 6) is 0.400. The largest absolute Gasteiger partial charge is 0.465 e. The normalized spacial score (nSPS) is 11.2. The van der Waals surface area contributed by atoms with Gasteiger partial charge in [-0.15, -0.1) is 0 Å². The van der Waals surface area contributed by atoms with Gasteiger partial charge >= 0.3 is 6.09 Å². The summed E-state index contributed by atoms with van der Waals surface area (Å²) in [6.45, 7) is 5.87.